The zero-order valence-electron chi connectivity index (χ0n) is 15.3. The van der Waals surface area contributed by atoms with Crippen molar-refractivity contribution in [3.05, 3.63) is 53.0 Å². The van der Waals surface area contributed by atoms with Gasteiger partial charge in [0.15, 0.2) is 0 Å². The number of hydrogen-bond acceptors (Lipinski definition) is 5. The Bertz CT molecular complexity index is 912. The SMILES string of the molecule is CC(Sc1ccc(Br)cc1)C(=O)Nc1ccc(S(=O)(=O)N2CCOCC2)cc1. The lowest BCUT2D eigenvalue weighted by Crippen LogP contribution is -2.40. The van der Waals surface area contributed by atoms with Gasteiger partial charge in [0, 0.05) is 28.1 Å². The summed E-state index contributed by atoms with van der Waals surface area (Å²) in [4.78, 5) is 13.6. The third kappa shape index (κ3) is 5.36. The van der Waals surface area contributed by atoms with E-state index >= 15 is 0 Å². The number of carbonyl (C=O) groups excluding carboxylic acids is 1. The Morgan fingerprint density at radius 3 is 2.32 bits per heavy atom. The minimum absolute atomic E-state index is 0.142. The van der Waals surface area contributed by atoms with Crippen LogP contribution < -0.4 is 5.32 Å². The maximum absolute atomic E-state index is 12.6. The lowest BCUT2D eigenvalue weighted by atomic mass is 10.3. The first-order chi connectivity index (χ1) is 13.4. The quantitative estimate of drug-likeness (QED) is 0.633. The number of anilines is 1. The Labute approximate surface area is 177 Å². The molecule has 0 radical (unpaired) electrons. The molecule has 150 valence electrons. The van der Waals surface area contributed by atoms with E-state index in [1.807, 2.05) is 31.2 Å². The highest BCUT2D eigenvalue weighted by atomic mass is 79.9. The molecule has 1 amide bonds. The van der Waals surface area contributed by atoms with Gasteiger partial charge < -0.3 is 10.1 Å². The van der Waals surface area contributed by atoms with Crippen LogP contribution >= 0.6 is 27.7 Å². The Hall–Kier alpha value is -1.39. The maximum atomic E-state index is 12.6. The molecule has 1 heterocycles. The average Bonchev–Trinajstić information content (AvgIpc) is 2.70. The van der Waals surface area contributed by atoms with Crippen LogP contribution in [0.3, 0.4) is 0 Å². The van der Waals surface area contributed by atoms with E-state index in [4.69, 9.17) is 4.74 Å². The smallest absolute Gasteiger partial charge is 0.243 e. The van der Waals surface area contributed by atoms with E-state index in [0.29, 0.717) is 32.0 Å². The van der Waals surface area contributed by atoms with Crippen LogP contribution in [0.5, 0.6) is 0 Å². The molecule has 1 aliphatic rings. The monoisotopic (exact) mass is 484 g/mol. The molecule has 0 aliphatic carbocycles. The summed E-state index contributed by atoms with van der Waals surface area (Å²) in [5.41, 5.74) is 0.564. The van der Waals surface area contributed by atoms with Gasteiger partial charge in [-0.25, -0.2) is 8.42 Å². The number of ether oxygens (including phenoxy) is 1. The second-order valence-corrected chi connectivity index (χ2v) is 10.5. The third-order valence-corrected chi connectivity index (χ3v) is 7.78. The fourth-order valence-corrected chi connectivity index (χ4v) is 5.20. The number of rotatable bonds is 6. The zero-order valence-corrected chi connectivity index (χ0v) is 18.5. The van der Waals surface area contributed by atoms with Gasteiger partial charge in [0.2, 0.25) is 15.9 Å². The van der Waals surface area contributed by atoms with Gasteiger partial charge in [-0.1, -0.05) is 15.9 Å². The van der Waals surface area contributed by atoms with Crippen LogP contribution in [0.2, 0.25) is 0 Å². The molecule has 1 aliphatic heterocycles. The van der Waals surface area contributed by atoms with Crippen LogP contribution in [-0.4, -0.2) is 50.2 Å². The van der Waals surface area contributed by atoms with Crippen molar-refractivity contribution >= 4 is 49.3 Å². The molecule has 1 fully saturated rings. The fourth-order valence-electron chi connectivity index (χ4n) is 2.66. The molecule has 0 aromatic heterocycles. The molecule has 1 unspecified atom stereocenters. The molecule has 6 nitrogen and oxygen atoms in total. The normalized spacial score (nSPS) is 16.5. The summed E-state index contributed by atoms with van der Waals surface area (Å²) < 4.78 is 32.9. The first-order valence-corrected chi connectivity index (χ1v) is 11.9. The first-order valence-electron chi connectivity index (χ1n) is 8.77. The highest BCUT2D eigenvalue weighted by Gasteiger charge is 2.26. The number of benzene rings is 2. The summed E-state index contributed by atoms with van der Waals surface area (Å²) in [5, 5.41) is 2.54. The predicted molar refractivity (Wildman–Crippen MR) is 114 cm³/mol. The van der Waals surface area contributed by atoms with Gasteiger partial charge >= 0.3 is 0 Å². The van der Waals surface area contributed by atoms with Crippen LogP contribution in [0, 0.1) is 0 Å². The number of nitrogens with one attached hydrogen (secondary N) is 1. The zero-order chi connectivity index (χ0) is 20.1. The summed E-state index contributed by atoms with van der Waals surface area (Å²) in [6.07, 6.45) is 0. The van der Waals surface area contributed by atoms with Crippen LogP contribution in [-0.2, 0) is 19.6 Å². The Balaban J connectivity index is 1.61. The van der Waals surface area contributed by atoms with Gasteiger partial charge in [0.25, 0.3) is 0 Å². The van der Waals surface area contributed by atoms with Crippen molar-refractivity contribution in [3.8, 4) is 0 Å². The van der Waals surface area contributed by atoms with E-state index in [0.717, 1.165) is 9.37 Å². The fraction of sp³-hybridized carbons (Fsp3) is 0.316. The van der Waals surface area contributed by atoms with Crippen LogP contribution in [0.1, 0.15) is 6.92 Å². The van der Waals surface area contributed by atoms with Gasteiger partial charge in [-0.05, 0) is 55.5 Å². The number of amides is 1. The van der Waals surface area contributed by atoms with Crippen molar-refractivity contribution in [2.75, 3.05) is 31.6 Å². The molecular formula is C19H21BrN2O4S2. The summed E-state index contributed by atoms with van der Waals surface area (Å²) in [6, 6.07) is 14.0. The van der Waals surface area contributed by atoms with E-state index in [1.165, 1.54) is 28.2 Å². The second-order valence-electron chi connectivity index (χ2n) is 6.24. The number of nitrogens with zero attached hydrogens (tertiary/aromatic N) is 1. The van der Waals surface area contributed by atoms with E-state index < -0.39 is 10.0 Å². The van der Waals surface area contributed by atoms with Gasteiger partial charge in [0.05, 0.1) is 23.4 Å². The van der Waals surface area contributed by atoms with Crippen LogP contribution in [0.15, 0.2) is 62.8 Å². The number of carbonyl (C=O) groups is 1. The number of halogens is 1. The molecular weight excluding hydrogens is 464 g/mol. The molecule has 0 saturated carbocycles. The molecule has 3 rings (SSSR count). The van der Waals surface area contributed by atoms with Crippen LogP contribution in [0.4, 0.5) is 5.69 Å². The lowest BCUT2D eigenvalue weighted by molar-refractivity contribution is -0.115. The second kappa shape index (κ2) is 9.41. The van der Waals surface area contributed by atoms with Gasteiger partial charge in [-0.15, -0.1) is 11.8 Å². The largest absolute Gasteiger partial charge is 0.379 e. The van der Waals surface area contributed by atoms with E-state index in [-0.39, 0.29) is 16.1 Å². The topological polar surface area (TPSA) is 75.7 Å². The Morgan fingerprint density at radius 2 is 1.71 bits per heavy atom. The molecule has 1 saturated heterocycles. The molecule has 1 atom stereocenters. The van der Waals surface area contributed by atoms with Crippen molar-refractivity contribution in [2.45, 2.75) is 22.0 Å². The summed E-state index contributed by atoms with van der Waals surface area (Å²) >= 11 is 4.85. The van der Waals surface area contributed by atoms with E-state index in [9.17, 15) is 13.2 Å². The molecule has 0 spiro atoms. The third-order valence-electron chi connectivity index (χ3n) is 4.23. The van der Waals surface area contributed by atoms with E-state index in [2.05, 4.69) is 21.2 Å². The number of morpholine rings is 1. The highest BCUT2D eigenvalue weighted by Crippen LogP contribution is 2.26. The summed E-state index contributed by atoms with van der Waals surface area (Å²) in [6.45, 7) is 3.35. The Morgan fingerprint density at radius 1 is 1.11 bits per heavy atom. The molecule has 2 aromatic carbocycles. The number of hydrogen-bond donors (Lipinski definition) is 1. The van der Waals surface area contributed by atoms with Crippen molar-refractivity contribution in [1.82, 2.24) is 4.31 Å². The summed E-state index contributed by atoms with van der Waals surface area (Å²) in [7, 11) is -3.54. The molecule has 0 bridgehead atoms. The van der Waals surface area contributed by atoms with Crippen molar-refractivity contribution in [3.63, 3.8) is 0 Å². The first kappa shape index (κ1) is 21.3. The molecule has 28 heavy (non-hydrogen) atoms. The van der Waals surface area contributed by atoms with Crippen molar-refractivity contribution < 1.29 is 17.9 Å². The molecule has 1 N–H and O–H groups in total. The minimum Gasteiger partial charge on any atom is -0.379 e. The minimum atomic E-state index is -3.54. The predicted octanol–water partition coefficient (Wildman–Crippen LogP) is 3.59. The maximum Gasteiger partial charge on any atom is 0.243 e. The highest BCUT2D eigenvalue weighted by molar-refractivity contribution is 9.10. The van der Waals surface area contributed by atoms with Crippen LogP contribution in [0.25, 0.3) is 0 Å². The summed E-state index contributed by atoms with van der Waals surface area (Å²) in [5.74, 6) is -0.142. The molecule has 9 heteroatoms. The number of sulfonamides is 1. The van der Waals surface area contributed by atoms with Crippen molar-refractivity contribution in [1.29, 1.82) is 0 Å². The van der Waals surface area contributed by atoms with Gasteiger partial charge in [-0.3, -0.25) is 4.79 Å². The number of thioether (sulfide) groups is 1. The standard InChI is InChI=1S/C19H21BrN2O4S2/c1-14(27-17-6-2-15(20)3-7-17)19(23)21-16-4-8-18(9-5-16)28(24,25)22-10-12-26-13-11-22/h2-9,14H,10-13H2,1H3,(H,21,23). The van der Waals surface area contributed by atoms with E-state index in [1.54, 1.807) is 12.1 Å². The Kier molecular flexibility index (Phi) is 7.16. The molecule has 2 aromatic rings. The van der Waals surface area contributed by atoms with Gasteiger partial charge in [0.1, 0.15) is 0 Å². The van der Waals surface area contributed by atoms with Crippen molar-refractivity contribution in [2.24, 2.45) is 0 Å². The lowest BCUT2D eigenvalue weighted by Gasteiger charge is -2.26. The average molecular weight is 485 g/mol. The van der Waals surface area contributed by atoms with Gasteiger partial charge in [-0.2, -0.15) is 4.31 Å².